The molecule has 0 amide bonds. The molecular formula is C21H35N2O+. The third kappa shape index (κ3) is 3.54. The Bertz CT molecular complexity index is 532. The van der Waals surface area contributed by atoms with E-state index < -0.39 is 0 Å². The van der Waals surface area contributed by atoms with Crippen LogP contribution in [0.5, 0.6) is 0 Å². The standard InChI is InChI=1S/C21H35N2O/c1-20(10-7-17-24,19-8-5-4-6-9-19)22-14-11-21(18-22)12-15-23(2,3)16-13-21/h4-6,8-9,24H,7,10-18H2,1-3H3/q+1. The van der Waals surface area contributed by atoms with Crippen molar-refractivity contribution in [3.63, 3.8) is 0 Å². The molecule has 24 heavy (non-hydrogen) atoms. The van der Waals surface area contributed by atoms with Gasteiger partial charge in [-0.15, -0.1) is 0 Å². The van der Waals surface area contributed by atoms with E-state index in [1.54, 1.807) is 0 Å². The summed E-state index contributed by atoms with van der Waals surface area (Å²) in [6.45, 7) is 7.72. The van der Waals surface area contributed by atoms with Crippen molar-refractivity contribution in [2.75, 3.05) is 46.9 Å². The normalized spacial score (nSPS) is 25.7. The molecule has 2 saturated heterocycles. The average molecular weight is 332 g/mol. The fraction of sp³-hybridized carbons (Fsp3) is 0.714. The minimum atomic E-state index is 0.0509. The molecule has 1 N–H and O–H groups in total. The first-order chi connectivity index (χ1) is 11.4. The summed E-state index contributed by atoms with van der Waals surface area (Å²) in [4.78, 5) is 2.73. The van der Waals surface area contributed by atoms with Gasteiger partial charge in [0, 0.05) is 31.5 Å². The smallest absolute Gasteiger partial charge is 0.0788 e. The van der Waals surface area contributed by atoms with Crippen LogP contribution in [0.3, 0.4) is 0 Å². The lowest BCUT2D eigenvalue weighted by molar-refractivity contribution is -0.897. The van der Waals surface area contributed by atoms with Gasteiger partial charge < -0.3 is 9.59 Å². The molecule has 2 fully saturated rings. The largest absolute Gasteiger partial charge is 0.396 e. The van der Waals surface area contributed by atoms with Gasteiger partial charge in [-0.1, -0.05) is 30.3 Å². The van der Waals surface area contributed by atoms with E-state index in [1.165, 1.54) is 55.5 Å². The number of aliphatic hydroxyl groups is 1. The molecule has 2 heterocycles. The number of benzene rings is 1. The predicted molar refractivity (Wildman–Crippen MR) is 99.8 cm³/mol. The molecule has 1 spiro atoms. The second-order valence-corrected chi connectivity index (χ2v) is 9.02. The van der Waals surface area contributed by atoms with Crippen LogP contribution in [-0.2, 0) is 5.54 Å². The number of hydrogen-bond donors (Lipinski definition) is 1. The van der Waals surface area contributed by atoms with E-state index in [-0.39, 0.29) is 12.1 Å². The molecule has 0 bridgehead atoms. The van der Waals surface area contributed by atoms with Crippen LogP contribution in [0.2, 0.25) is 0 Å². The average Bonchev–Trinajstić information content (AvgIpc) is 3.02. The molecule has 1 unspecified atom stereocenters. The molecule has 2 aliphatic heterocycles. The molecular weight excluding hydrogens is 296 g/mol. The zero-order valence-corrected chi connectivity index (χ0v) is 15.8. The SMILES string of the molecule is CC(CCCO)(c1ccccc1)N1CCC2(CC[N+](C)(C)CC2)C1. The van der Waals surface area contributed by atoms with E-state index in [9.17, 15) is 5.11 Å². The maximum atomic E-state index is 9.40. The Balaban J connectivity index is 1.78. The van der Waals surface area contributed by atoms with Crippen molar-refractivity contribution in [3.8, 4) is 0 Å². The Morgan fingerprint density at radius 3 is 2.42 bits per heavy atom. The maximum Gasteiger partial charge on any atom is 0.0788 e. The summed E-state index contributed by atoms with van der Waals surface area (Å²) in [5.74, 6) is 0. The van der Waals surface area contributed by atoms with Crippen LogP contribution in [0, 0.1) is 5.41 Å². The molecule has 3 rings (SSSR count). The second kappa shape index (κ2) is 6.78. The molecule has 1 atom stereocenters. The van der Waals surface area contributed by atoms with Crippen LogP contribution in [0.25, 0.3) is 0 Å². The summed E-state index contributed by atoms with van der Waals surface area (Å²) >= 11 is 0. The van der Waals surface area contributed by atoms with E-state index >= 15 is 0 Å². The topological polar surface area (TPSA) is 23.5 Å². The zero-order chi connectivity index (χ0) is 17.3. The van der Waals surface area contributed by atoms with Crippen LogP contribution >= 0.6 is 0 Å². The third-order valence-corrected chi connectivity index (χ3v) is 6.85. The van der Waals surface area contributed by atoms with Crippen LogP contribution in [-0.4, -0.2) is 61.4 Å². The second-order valence-electron chi connectivity index (χ2n) is 9.02. The predicted octanol–water partition coefficient (Wildman–Crippen LogP) is 3.24. The highest BCUT2D eigenvalue weighted by molar-refractivity contribution is 5.24. The molecule has 0 aliphatic carbocycles. The molecule has 1 aromatic rings. The van der Waals surface area contributed by atoms with Crippen molar-refractivity contribution in [2.45, 2.75) is 44.6 Å². The number of quaternary nitrogens is 1. The quantitative estimate of drug-likeness (QED) is 0.837. The molecule has 1 aromatic carbocycles. The first kappa shape index (κ1) is 17.9. The van der Waals surface area contributed by atoms with Crippen molar-refractivity contribution >= 4 is 0 Å². The minimum absolute atomic E-state index is 0.0509. The van der Waals surface area contributed by atoms with Crippen LogP contribution < -0.4 is 0 Å². The fourth-order valence-corrected chi connectivity index (χ4v) is 4.79. The Kier molecular flexibility index (Phi) is 5.06. The van der Waals surface area contributed by atoms with Gasteiger partial charge >= 0.3 is 0 Å². The molecule has 2 aliphatic rings. The first-order valence-corrected chi connectivity index (χ1v) is 9.63. The van der Waals surface area contributed by atoms with Crippen LogP contribution in [0.15, 0.2) is 30.3 Å². The number of likely N-dealkylation sites (tertiary alicyclic amines) is 2. The highest BCUT2D eigenvalue weighted by Crippen LogP contribution is 2.46. The molecule has 134 valence electrons. The van der Waals surface area contributed by atoms with Gasteiger partial charge in [0.25, 0.3) is 0 Å². The van der Waals surface area contributed by atoms with Crippen molar-refractivity contribution in [3.05, 3.63) is 35.9 Å². The Morgan fingerprint density at radius 2 is 1.79 bits per heavy atom. The lowest BCUT2D eigenvalue weighted by atomic mass is 9.77. The van der Waals surface area contributed by atoms with E-state index in [0.717, 1.165) is 12.8 Å². The van der Waals surface area contributed by atoms with E-state index in [4.69, 9.17) is 0 Å². The highest BCUT2D eigenvalue weighted by atomic mass is 16.2. The van der Waals surface area contributed by atoms with Crippen molar-refractivity contribution in [2.24, 2.45) is 5.41 Å². The van der Waals surface area contributed by atoms with Crippen molar-refractivity contribution in [1.29, 1.82) is 0 Å². The Labute approximate surface area is 147 Å². The summed E-state index contributed by atoms with van der Waals surface area (Å²) in [7, 11) is 4.74. The summed E-state index contributed by atoms with van der Waals surface area (Å²) in [5, 5.41) is 9.40. The van der Waals surface area contributed by atoms with Gasteiger partial charge in [-0.05, 0) is 43.7 Å². The summed E-state index contributed by atoms with van der Waals surface area (Å²) in [5.41, 5.74) is 1.99. The van der Waals surface area contributed by atoms with Crippen molar-refractivity contribution < 1.29 is 9.59 Å². The third-order valence-electron chi connectivity index (χ3n) is 6.85. The molecule has 3 nitrogen and oxygen atoms in total. The lowest BCUT2D eigenvalue weighted by Crippen LogP contribution is -2.51. The zero-order valence-electron chi connectivity index (χ0n) is 15.8. The van der Waals surface area contributed by atoms with Gasteiger partial charge in [0.1, 0.15) is 0 Å². The minimum Gasteiger partial charge on any atom is -0.396 e. The number of piperidine rings is 1. The summed E-state index contributed by atoms with van der Waals surface area (Å²) in [6.07, 6.45) is 5.97. The highest BCUT2D eigenvalue weighted by Gasteiger charge is 2.48. The van der Waals surface area contributed by atoms with Crippen LogP contribution in [0.1, 0.15) is 44.6 Å². The monoisotopic (exact) mass is 331 g/mol. The van der Waals surface area contributed by atoms with Crippen molar-refractivity contribution in [1.82, 2.24) is 4.90 Å². The lowest BCUT2D eigenvalue weighted by Gasteiger charge is -2.45. The number of nitrogens with zero attached hydrogens (tertiary/aromatic N) is 2. The van der Waals surface area contributed by atoms with E-state index in [1.807, 2.05) is 0 Å². The fourth-order valence-electron chi connectivity index (χ4n) is 4.79. The molecule has 0 aromatic heterocycles. The van der Waals surface area contributed by atoms with Gasteiger partial charge in [-0.2, -0.15) is 0 Å². The van der Waals surface area contributed by atoms with Gasteiger partial charge in [0.05, 0.1) is 27.2 Å². The van der Waals surface area contributed by atoms with Gasteiger partial charge in [0.2, 0.25) is 0 Å². The molecule has 0 radical (unpaired) electrons. The number of rotatable bonds is 5. The number of hydrogen-bond acceptors (Lipinski definition) is 2. The summed E-state index contributed by atoms with van der Waals surface area (Å²) in [6, 6.07) is 10.9. The maximum absolute atomic E-state index is 9.40. The van der Waals surface area contributed by atoms with Gasteiger partial charge in [0.15, 0.2) is 0 Å². The molecule has 0 saturated carbocycles. The molecule has 3 heteroatoms. The first-order valence-electron chi connectivity index (χ1n) is 9.63. The van der Waals surface area contributed by atoms with Gasteiger partial charge in [-0.25, -0.2) is 0 Å². The Hall–Kier alpha value is -0.900. The Morgan fingerprint density at radius 1 is 1.12 bits per heavy atom. The summed E-state index contributed by atoms with van der Waals surface area (Å²) < 4.78 is 1.18. The van der Waals surface area contributed by atoms with Gasteiger partial charge in [-0.3, -0.25) is 4.90 Å². The van der Waals surface area contributed by atoms with E-state index in [0.29, 0.717) is 5.41 Å². The van der Waals surface area contributed by atoms with E-state index in [2.05, 4.69) is 56.3 Å². The van der Waals surface area contributed by atoms with Crippen LogP contribution in [0.4, 0.5) is 0 Å². The number of aliphatic hydroxyl groups excluding tert-OH is 1.